The van der Waals surface area contributed by atoms with E-state index in [-0.39, 0.29) is 5.82 Å². The van der Waals surface area contributed by atoms with Crippen LogP contribution in [-0.4, -0.2) is 11.5 Å². The molecule has 0 unspecified atom stereocenters. The Labute approximate surface area is 111 Å². The van der Waals surface area contributed by atoms with Crippen molar-refractivity contribution in [3.8, 4) is 11.1 Å². The van der Waals surface area contributed by atoms with Crippen LogP contribution in [0.5, 0.6) is 0 Å². The summed E-state index contributed by atoms with van der Waals surface area (Å²) in [5, 5.41) is 3.93. The fourth-order valence-corrected chi connectivity index (χ4v) is 1.90. The predicted molar refractivity (Wildman–Crippen MR) is 72.0 cm³/mol. The molecule has 0 amide bonds. The van der Waals surface area contributed by atoms with Gasteiger partial charge in [0.25, 0.3) is 0 Å². The van der Waals surface area contributed by atoms with Gasteiger partial charge in [-0.1, -0.05) is 24.6 Å². The number of hydrogen-bond donors (Lipinski definition) is 1. The molecule has 1 N–H and O–H groups in total. The summed E-state index contributed by atoms with van der Waals surface area (Å²) >= 11 is 6.12. The second kappa shape index (κ2) is 5.94. The molecule has 1 aromatic carbocycles. The summed E-state index contributed by atoms with van der Waals surface area (Å²) in [4.78, 5) is 3.85. The number of nitrogens with zero attached hydrogens (tertiary/aromatic N) is 1. The molecule has 2 nitrogen and oxygen atoms in total. The van der Waals surface area contributed by atoms with Crippen molar-refractivity contribution in [3.05, 3.63) is 53.1 Å². The Bertz CT molecular complexity index is 543. The van der Waals surface area contributed by atoms with E-state index in [1.54, 1.807) is 6.20 Å². The Balaban J connectivity index is 2.34. The van der Waals surface area contributed by atoms with Gasteiger partial charge in [-0.3, -0.25) is 4.98 Å². The van der Waals surface area contributed by atoms with E-state index in [0.717, 1.165) is 23.2 Å². The third-order valence-corrected chi connectivity index (χ3v) is 3.02. The van der Waals surface area contributed by atoms with Gasteiger partial charge in [0.1, 0.15) is 5.82 Å². The lowest BCUT2D eigenvalue weighted by Crippen LogP contribution is -2.12. The molecule has 4 heteroatoms. The van der Waals surface area contributed by atoms with Crippen LogP contribution in [0.1, 0.15) is 12.5 Å². The highest BCUT2D eigenvalue weighted by Crippen LogP contribution is 2.25. The summed E-state index contributed by atoms with van der Waals surface area (Å²) in [6.07, 6.45) is 2.84. The summed E-state index contributed by atoms with van der Waals surface area (Å²) in [6.45, 7) is 3.61. The minimum Gasteiger partial charge on any atom is -0.313 e. The molecule has 0 radical (unpaired) electrons. The van der Waals surface area contributed by atoms with Gasteiger partial charge in [-0.05, 0) is 35.9 Å². The summed E-state index contributed by atoms with van der Waals surface area (Å²) in [6, 6.07) is 7.12. The number of rotatable bonds is 4. The molecule has 0 aliphatic carbocycles. The Hall–Kier alpha value is -1.45. The van der Waals surface area contributed by atoms with Crippen molar-refractivity contribution in [3.63, 3.8) is 0 Å². The second-order valence-electron chi connectivity index (χ2n) is 3.98. The molecular weight excluding hydrogens is 251 g/mol. The molecule has 1 aromatic heterocycles. The lowest BCUT2D eigenvalue weighted by molar-refractivity contribution is 0.622. The first kappa shape index (κ1) is 13.0. The molecule has 18 heavy (non-hydrogen) atoms. The van der Waals surface area contributed by atoms with Crippen molar-refractivity contribution >= 4 is 11.6 Å². The van der Waals surface area contributed by atoms with Crippen molar-refractivity contribution in [1.29, 1.82) is 0 Å². The minimum absolute atomic E-state index is 0.337. The third-order valence-electron chi connectivity index (χ3n) is 2.65. The van der Waals surface area contributed by atoms with E-state index in [2.05, 4.69) is 10.3 Å². The van der Waals surface area contributed by atoms with E-state index in [1.165, 1.54) is 12.3 Å². The van der Waals surface area contributed by atoms with Crippen molar-refractivity contribution < 1.29 is 4.39 Å². The van der Waals surface area contributed by atoms with E-state index in [4.69, 9.17) is 11.6 Å². The van der Waals surface area contributed by atoms with Crippen molar-refractivity contribution in [2.45, 2.75) is 13.5 Å². The Morgan fingerprint density at radius 2 is 2.06 bits per heavy atom. The number of pyridine rings is 1. The van der Waals surface area contributed by atoms with Crippen LogP contribution in [0.25, 0.3) is 11.1 Å². The molecule has 0 aliphatic rings. The zero-order chi connectivity index (χ0) is 13.0. The van der Waals surface area contributed by atoms with Crippen LogP contribution < -0.4 is 5.32 Å². The molecule has 1 heterocycles. The quantitative estimate of drug-likeness (QED) is 0.912. The fourth-order valence-electron chi connectivity index (χ4n) is 1.72. The number of nitrogens with one attached hydrogen (secondary N) is 1. The number of aromatic nitrogens is 1. The molecular formula is C14H14ClFN2. The minimum atomic E-state index is -0.337. The average molecular weight is 265 g/mol. The second-order valence-corrected chi connectivity index (χ2v) is 4.39. The maximum atomic E-state index is 13.1. The van der Waals surface area contributed by atoms with Gasteiger partial charge in [-0.15, -0.1) is 0 Å². The van der Waals surface area contributed by atoms with Crippen LogP contribution in [0, 0.1) is 5.82 Å². The maximum Gasteiger partial charge on any atom is 0.142 e. The Morgan fingerprint density at radius 1 is 1.22 bits per heavy atom. The molecule has 2 rings (SSSR count). The van der Waals surface area contributed by atoms with E-state index < -0.39 is 0 Å². The Morgan fingerprint density at radius 3 is 2.78 bits per heavy atom. The van der Waals surface area contributed by atoms with E-state index in [1.807, 2.05) is 25.1 Å². The normalized spacial score (nSPS) is 10.6. The zero-order valence-corrected chi connectivity index (χ0v) is 10.8. The molecule has 0 atom stereocenters. The highest BCUT2D eigenvalue weighted by molar-refractivity contribution is 6.31. The van der Waals surface area contributed by atoms with Gasteiger partial charge >= 0.3 is 0 Å². The van der Waals surface area contributed by atoms with Crippen LogP contribution in [-0.2, 0) is 6.54 Å². The predicted octanol–water partition coefficient (Wildman–Crippen LogP) is 3.65. The van der Waals surface area contributed by atoms with Gasteiger partial charge in [-0.25, -0.2) is 4.39 Å². The molecule has 0 bridgehead atoms. The summed E-state index contributed by atoms with van der Waals surface area (Å²) in [5.74, 6) is -0.337. The van der Waals surface area contributed by atoms with Gasteiger partial charge in [0, 0.05) is 23.3 Å². The molecule has 0 saturated carbocycles. The van der Waals surface area contributed by atoms with Crippen LogP contribution in [0.15, 0.2) is 36.7 Å². The number of halogens is 2. The summed E-state index contributed by atoms with van der Waals surface area (Å²) in [5.41, 5.74) is 2.67. The molecule has 2 aromatic rings. The van der Waals surface area contributed by atoms with Crippen LogP contribution in [0.4, 0.5) is 4.39 Å². The molecule has 0 saturated heterocycles. The zero-order valence-electron chi connectivity index (χ0n) is 10.1. The van der Waals surface area contributed by atoms with Gasteiger partial charge in [-0.2, -0.15) is 0 Å². The molecule has 94 valence electrons. The van der Waals surface area contributed by atoms with E-state index >= 15 is 0 Å². The van der Waals surface area contributed by atoms with E-state index in [9.17, 15) is 4.39 Å². The molecule has 0 aliphatic heterocycles. The highest BCUT2D eigenvalue weighted by atomic mass is 35.5. The lowest BCUT2D eigenvalue weighted by atomic mass is 10.0. The topological polar surface area (TPSA) is 24.9 Å². The maximum absolute atomic E-state index is 13.1. The molecule has 0 spiro atoms. The third kappa shape index (κ3) is 3.06. The van der Waals surface area contributed by atoms with Gasteiger partial charge in [0.05, 0.1) is 6.20 Å². The van der Waals surface area contributed by atoms with Crippen molar-refractivity contribution in [2.75, 3.05) is 6.54 Å². The van der Waals surface area contributed by atoms with Crippen LogP contribution >= 0.6 is 11.6 Å². The molecule has 0 fully saturated rings. The smallest absolute Gasteiger partial charge is 0.142 e. The van der Waals surface area contributed by atoms with Gasteiger partial charge in [0.15, 0.2) is 0 Å². The van der Waals surface area contributed by atoms with Crippen molar-refractivity contribution in [2.24, 2.45) is 0 Å². The monoisotopic (exact) mass is 264 g/mol. The van der Waals surface area contributed by atoms with Crippen LogP contribution in [0.3, 0.4) is 0 Å². The Kier molecular flexibility index (Phi) is 4.28. The average Bonchev–Trinajstić information content (AvgIpc) is 2.38. The SMILES string of the molecule is CCNCc1cc(-c2cncc(F)c2)ccc1Cl. The van der Waals surface area contributed by atoms with Gasteiger partial charge < -0.3 is 5.32 Å². The largest absolute Gasteiger partial charge is 0.313 e. The number of hydrogen-bond acceptors (Lipinski definition) is 2. The van der Waals surface area contributed by atoms with E-state index in [0.29, 0.717) is 11.6 Å². The lowest BCUT2D eigenvalue weighted by Gasteiger charge is -2.08. The fraction of sp³-hybridized carbons (Fsp3) is 0.214. The standard InChI is InChI=1S/C14H14ClFN2/c1-2-17-8-12-5-10(3-4-14(12)15)11-6-13(16)9-18-7-11/h3-7,9,17H,2,8H2,1H3. The first-order valence-corrected chi connectivity index (χ1v) is 6.18. The highest BCUT2D eigenvalue weighted by Gasteiger charge is 2.05. The first-order valence-electron chi connectivity index (χ1n) is 5.80. The van der Waals surface area contributed by atoms with Crippen molar-refractivity contribution in [1.82, 2.24) is 10.3 Å². The number of benzene rings is 1. The first-order chi connectivity index (χ1) is 8.70. The summed E-state index contributed by atoms with van der Waals surface area (Å²) in [7, 11) is 0. The van der Waals surface area contributed by atoms with Gasteiger partial charge in [0.2, 0.25) is 0 Å². The van der Waals surface area contributed by atoms with Crippen LogP contribution in [0.2, 0.25) is 5.02 Å². The summed E-state index contributed by atoms with van der Waals surface area (Å²) < 4.78 is 13.1.